The van der Waals surface area contributed by atoms with Crippen LogP contribution in [0, 0.1) is 24.2 Å². The lowest BCUT2D eigenvalue weighted by Gasteiger charge is -2.19. The first kappa shape index (κ1) is 40.1. The van der Waals surface area contributed by atoms with Crippen LogP contribution in [0.3, 0.4) is 0 Å². The second kappa shape index (κ2) is 20.5. The third kappa shape index (κ3) is 21.2. The maximum atomic E-state index is 11.7. The van der Waals surface area contributed by atoms with Gasteiger partial charge in [0.25, 0.3) is 0 Å². The molecule has 2 aromatic rings. The summed E-state index contributed by atoms with van der Waals surface area (Å²) in [5.74, 6) is 7.03. The molecule has 0 aromatic carbocycles. The van der Waals surface area contributed by atoms with Gasteiger partial charge >= 0.3 is 11.9 Å². The summed E-state index contributed by atoms with van der Waals surface area (Å²) < 4.78 is 10.4. The third-order valence-corrected chi connectivity index (χ3v) is 3.69. The van der Waals surface area contributed by atoms with Gasteiger partial charge in [-0.2, -0.15) is 0 Å². The molecule has 0 radical (unpaired) electrons. The summed E-state index contributed by atoms with van der Waals surface area (Å²) in [5.41, 5.74) is 0.366. The van der Waals surface area contributed by atoms with Crippen LogP contribution in [0.15, 0.2) is 36.7 Å². The molecular formula is C30H43ClN2O6. The first-order valence-electron chi connectivity index (χ1n) is 11.4. The number of aliphatic hydroxyl groups excluding tert-OH is 2. The van der Waals surface area contributed by atoms with Crippen LogP contribution >= 0.6 is 11.6 Å². The highest BCUT2D eigenvalue weighted by atomic mass is 35.5. The molecule has 0 aliphatic rings. The molecule has 0 fully saturated rings. The molecule has 0 aliphatic heterocycles. The molecule has 216 valence electrons. The Labute approximate surface area is 239 Å². The number of aliphatic hydroxyl groups is 2. The molecule has 2 rings (SSSR count). The summed E-state index contributed by atoms with van der Waals surface area (Å²) in [4.78, 5) is 31.0. The van der Waals surface area contributed by atoms with Gasteiger partial charge in [-0.05, 0) is 71.7 Å². The lowest BCUT2D eigenvalue weighted by atomic mass is 10.2. The van der Waals surface area contributed by atoms with Crippen LogP contribution in [0.2, 0.25) is 5.15 Å². The zero-order valence-electron chi connectivity index (χ0n) is 22.2. The van der Waals surface area contributed by atoms with Crippen molar-refractivity contribution < 1.29 is 29.3 Å². The number of terminal acetylenes is 1. The Morgan fingerprint density at radius 2 is 1.31 bits per heavy atom. The molecule has 0 spiro atoms. The number of pyridine rings is 2. The van der Waals surface area contributed by atoms with E-state index in [4.69, 9.17) is 37.7 Å². The summed E-state index contributed by atoms with van der Waals surface area (Å²) >= 11 is 5.59. The van der Waals surface area contributed by atoms with Crippen molar-refractivity contribution in [2.24, 2.45) is 0 Å². The van der Waals surface area contributed by atoms with Gasteiger partial charge in [-0.25, -0.2) is 19.6 Å². The maximum Gasteiger partial charge on any atom is 0.340 e. The monoisotopic (exact) mass is 562 g/mol. The number of carbonyl (C=O) groups is 2. The van der Waals surface area contributed by atoms with E-state index in [-0.39, 0.29) is 34.0 Å². The van der Waals surface area contributed by atoms with Gasteiger partial charge in [0.2, 0.25) is 0 Å². The van der Waals surface area contributed by atoms with E-state index >= 15 is 0 Å². The minimum absolute atomic E-state index is 0. The van der Waals surface area contributed by atoms with Gasteiger partial charge in [-0.1, -0.05) is 32.4 Å². The van der Waals surface area contributed by atoms with E-state index in [2.05, 4.69) is 27.7 Å². The van der Waals surface area contributed by atoms with Crippen molar-refractivity contribution in [3.05, 3.63) is 58.6 Å². The van der Waals surface area contributed by atoms with Crippen molar-refractivity contribution in [2.75, 3.05) is 13.2 Å². The molecule has 8 nitrogen and oxygen atoms in total. The van der Waals surface area contributed by atoms with Crippen LogP contribution < -0.4 is 0 Å². The highest BCUT2D eigenvalue weighted by Gasteiger charge is 2.18. The highest BCUT2D eigenvalue weighted by molar-refractivity contribution is 6.29. The molecule has 9 heteroatoms. The smallest absolute Gasteiger partial charge is 0.340 e. The van der Waals surface area contributed by atoms with Crippen molar-refractivity contribution in [1.29, 1.82) is 0 Å². The summed E-state index contributed by atoms with van der Waals surface area (Å²) in [6, 6.07) is 6.43. The summed E-state index contributed by atoms with van der Waals surface area (Å²) in [6.07, 6.45) is 8.45. The first-order chi connectivity index (χ1) is 17.2. The van der Waals surface area contributed by atoms with E-state index in [0.717, 1.165) is 0 Å². The number of hydrogen-bond donors (Lipinski definition) is 2. The van der Waals surface area contributed by atoms with Crippen LogP contribution in [-0.4, -0.2) is 56.5 Å². The zero-order chi connectivity index (χ0) is 28.5. The number of halogens is 1. The first-order valence-corrected chi connectivity index (χ1v) is 11.8. The predicted octanol–water partition coefficient (Wildman–Crippen LogP) is 5.74. The third-order valence-electron chi connectivity index (χ3n) is 3.47. The summed E-state index contributed by atoms with van der Waals surface area (Å²) in [5, 5.41) is 16.9. The molecule has 0 atom stereocenters. The minimum atomic E-state index is -0.517. The minimum Gasteiger partial charge on any atom is -0.456 e. The van der Waals surface area contributed by atoms with E-state index in [1.54, 1.807) is 24.3 Å². The number of aromatic nitrogens is 2. The van der Waals surface area contributed by atoms with E-state index in [0.29, 0.717) is 34.8 Å². The Hall–Kier alpha value is -3.43. The number of esters is 2. The van der Waals surface area contributed by atoms with Gasteiger partial charge < -0.3 is 19.7 Å². The summed E-state index contributed by atoms with van der Waals surface area (Å²) in [7, 11) is 0. The Kier molecular flexibility index (Phi) is 21.1. The van der Waals surface area contributed by atoms with Crippen LogP contribution in [0.25, 0.3) is 0 Å². The van der Waals surface area contributed by atoms with Crippen molar-refractivity contribution in [2.45, 2.75) is 80.4 Å². The Morgan fingerprint density at radius 1 is 0.846 bits per heavy atom. The number of hydrogen-bond acceptors (Lipinski definition) is 8. The van der Waals surface area contributed by atoms with Gasteiger partial charge in [-0.15, -0.1) is 12.3 Å². The fraction of sp³-hybridized carbons (Fsp3) is 0.467. The molecule has 39 heavy (non-hydrogen) atoms. The standard InChI is InChI=1S/C14H17NO3.C10H12ClNO2.C4H6O.2CH4/c1-14(2,3)18-13(17)11-7-8-12(15-10-11)6-4-5-9-16;1-10(2,3)14-9(13)7-4-5-8(11)12-6-7;1-2-3-4-5;;/h7-8,10,16H,5,9H2,1-3H3;4-6H,1-3H3;1,5H,3-4H2;2*1H4. The Morgan fingerprint density at radius 3 is 1.62 bits per heavy atom. The molecule has 0 saturated carbocycles. The van der Waals surface area contributed by atoms with Gasteiger partial charge in [0.15, 0.2) is 0 Å². The summed E-state index contributed by atoms with van der Waals surface area (Å²) in [6.45, 7) is 11.0. The fourth-order valence-electron chi connectivity index (χ4n) is 2.03. The van der Waals surface area contributed by atoms with Crippen LogP contribution in [0.5, 0.6) is 0 Å². The van der Waals surface area contributed by atoms with Crippen molar-refractivity contribution in [1.82, 2.24) is 9.97 Å². The SMILES string of the molecule is C.C.C#CCCO.CC(C)(C)OC(=O)c1ccc(C#CCCO)nc1.CC(C)(C)OC(=O)c1ccc(Cl)nc1. The lowest BCUT2D eigenvalue weighted by Crippen LogP contribution is -2.23. The van der Waals surface area contributed by atoms with Gasteiger partial charge in [0.05, 0.1) is 24.3 Å². The molecule has 0 amide bonds. The molecule has 2 heterocycles. The molecule has 0 saturated heterocycles. The maximum absolute atomic E-state index is 11.7. The topological polar surface area (TPSA) is 119 Å². The van der Waals surface area contributed by atoms with Crippen LogP contribution in [-0.2, 0) is 9.47 Å². The highest BCUT2D eigenvalue weighted by Crippen LogP contribution is 2.13. The predicted molar refractivity (Wildman–Crippen MR) is 156 cm³/mol. The van der Waals surface area contributed by atoms with Crippen molar-refractivity contribution in [3.8, 4) is 24.2 Å². The van der Waals surface area contributed by atoms with Gasteiger partial charge in [-0.3, -0.25) is 0 Å². The van der Waals surface area contributed by atoms with E-state index < -0.39 is 17.2 Å². The Balaban J connectivity index is -0.000000553. The second-order valence-corrected chi connectivity index (χ2v) is 9.65. The van der Waals surface area contributed by atoms with E-state index in [9.17, 15) is 9.59 Å². The largest absolute Gasteiger partial charge is 0.456 e. The molecule has 0 aliphatic carbocycles. The number of carbonyl (C=O) groups excluding carboxylic acids is 2. The van der Waals surface area contributed by atoms with Crippen molar-refractivity contribution in [3.63, 3.8) is 0 Å². The molecule has 0 unspecified atom stereocenters. The quantitative estimate of drug-likeness (QED) is 0.275. The van der Waals surface area contributed by atoms with Crippen LogP contribution in [0.4, 0.5) is 0 Å². The molecule has 2 N–H and O–H groups in total. The Bertz CT molecular complexity index is 1070. The number of rotatable bonds is 4. The normalized spacial score (nSPS) is 9.64. The van der Waals surface area contributed by atoms with Gasteiger partial charge in [0, 0.05) is 25.2 Å². The molecular weight excluding hydrogens is 520 g/mol. The van der Waals surface area contributed by atoms with Gasteiger partial charge in [0.1, 0.15) is 22.0 Å². The average Bonchev–Trinajstić information content (AvgIpc) is 2.79. The van der Waals surface area contributed by atoms with Crippen molar-refractivity contribution >= 4 is 23.5 Å². The number of ether oxygens (including phenoxy) is 2. The van der Waals surface area contributed by atoms with E-state index in [1.165, 1.54) is 12.4 Å². The lowest BCUT2D eigenvalue weighted by molar-refractivity contribution is 0.00565. The number of nitrogens with zero attached hydrogens (tertiary/aromatic N) is 2. The second-order valence-electron chi connectivity index (χ2n) is 9.26. The molecule has 0 bridgehead atoms. The average molecular weight is 563 g/mol. The van der Waals surface area contributed by atoms with Crippen LogP contribution in [0.1, 0.15) is 95.6 Å². The van der Waals surface area contributed by atoms with E-state index in [1.807, 2.05) is 41.5 Å². The molecule has 2 aromatic heterocycles. The fourth-order valence-corrected chi connectivity index (χ4v) is 2.14. The zero-order valence-corrected chi connectivity index (χ0v) is 22.9.